The number of amides is 1. The van der Waals surface area contributed by atoms with Gasteiger partial charge in [0.2, 0.25) is 5.91 Å². The Morgan fingerprint density at radius 3 is 2.18 bits per heavy atom. The van der Waals surface area contributed by atoms with Crippen LogP contribution in [0, 0.1) is 0 Å². The maximum Gasteiger partial charge on any atom is 0.420 e. The van der Waals surface area contributed by atoms with Gasteiger partial charge >= 0.3 is 6.18 Å². The van der Waals surface area contributed by atoms with Crippen molar-refractivity contribution in [1.82, 2.24) is 0 Å². The molecule has 7 heteroatoms. The Kier molecular flexibility index (Phi) is 3.50. The molecule has 0 spiro atoms. The lowest BCUT2D eigenvalue weighted by Crippen LogP contribution is -2.20. The van der Waals surface area contributed by atoms with E-state index in [0.29, 0.717) is 0 Å². The Labute approximate surface area is 95.1 Å². The van der Waals surface area contributed by atoms with E-state index in [9.17, 15) is 18.0 Å². The number of hydrogen-bond donors (Lipinski definition) is 1. The molecule has 1 amide bonds. The molecular weight excluding hydrogens is 239 g/mol. The van der Waals surface area contributed by atoms with Gasteiger partial charge in [0.15, 0.2) is 11.5 Å². The summed E-state index contributed by atoms with van der Waals surface area (Å²) in [7, 11) is 2.25. The van der Waals surface area contributed by atoms with Gasteiger partial charge in [0, 0.05) is 0 Å². The molecule has 4 nitrogen and oxygen atoms in total. The highest BCUT2D eigenvalue weighted by Crippen LogP contribution is 2.43. The number of halogens is 3. The van der Waals surface area contributed by atoms with Crippen molar-refractivity contribution in [1.29, 1.82) is 0 Å². The third-order valence-electron chi connectivity index (χ3n) is 2.09. The standard InChI is InChI=1S/C10H10F3NO3/c1-16-6-4-3-5(9(14)15)7(8(6)17-2)10(11,12)13/h3-4H,1-2H3,(H2,14,15). The smallest absolute Gasteiger partial charge is 0.420 e. The Morgan fingerprint density at radius 1 is 1.24 bits per heavy atom. The minimum absolute atomic E-state index is 0.121. The van der Waals surface area contributed by atoms with Crippen molar-refractivity contribution in [2.45, 2.75) is 6.18 Å². The molecule has 0 heterocycles. The topological polar surface area (TPSA) is 61.5 Å². The number of carbonyl (C=O) groups is 1. The molecule has 0 aromatic heterocycles. The maximum atomic E-state index is 12.8. The highest BCUT2D eigenvalue weighted by Gasteiger charge is 2.40. The Hall–Kier alpha value is -1.92. The molecule has 2 N–H and O–H groups in total. The number of carbonyl (C=O) groups excluding carboxylic acids is 1. The van der Waals surface area contributed by atoms with E-state index in [4.69, 9.17) is 10.5 Å². The fraction of sp³-hybridized carbons (Fsp3) is 0.300. The Bertz CT molecular complexity index is 443. The molecule has 0 aliphatic carbocycles. The van der Waals surface area contributed by atoms with Crippen molar-refractivity contribution in [2.75, 3.05) is 14.2 Å². The molecule has 0 aliphatic heterocycles. The van der Waals surface area contributed by atoms with E-state index >= 15 is 0 Å². The second-order valence-electron chi connectivity index (χ2n) is 3.09. The van der Waals surface area contributed by atoms with Crippen LogP contribution in [0.5, 0.6) is 11.5 Å². The van der Waals surface area contributed by atoms with Crippen LogP contribution in [0.15, 0.2) is 12.1 Å². The first kappa shape index (κ1) is 13.1. The van der Waals surface area contributed by atoms with E-state index in [1.165, 1.54) is 13.2 Å². The SMILES string of the molecule is COc1ccc(C(N)=O)c(C(F)(F)F)c1OC. The van der Waals surface area contributed by atoms with Crippen LogP contribution in [-0.4, -0.2) is 20.1 Å². The van der Waals surface area contributed by atoms with Crippen molar-refractivity contribution in [3.8, 4) is 11.5 Å². The zero-order chi connectivity index (χ0) is 13.2. The zero-order valence-electron chi connectivity index (χ0n) is 9.09. The number of nitrogens with two attached hydrogens (primary N) is 1. The first-order chi connectivity index (χ1) is 7.82. The summed E-state index contributed by atoms with van der Waals surface area (Å²) in [6.45, 7) is 0. The highest BCUT2D eigenvalue weighted by molar-refractivity contribution is 5.95. The number of hydrogen-bond acceptors (Lipinski definition) is 3. The van der Waals surface area contributed by atoms with Crippen molar-refractivity contribution in [2.24, 2.45) is 5.73 Å². The summed E-state index contributed by atoms with van der Waals surface area (Å²) in [6, 6.07) is 2.14. The predicted octanol–water partition coefficient (Wildman–Crippen LogP) is 1.82. The second-order valence-corrected chi connectivity index (χ2v) is 3.09. The minimum Gasteiger partial charge on any atom is -0.493 e. The van der Waals surface area contributed by atoms with Gasteiger partial charge in [-0.3, -0.25) is 4.79 Å². The van der Waals surface area contributed by atoms with Crippen LogP contribution in [0.4, 0.5) is 13.2 Å². The molecule has 0 radical (unpaired) electrons. The highest BCUT2D eigenvalue weighted by atomic mass is 19.4. The van der Waals surface area contributed by atoms with Crippen molar-refractivity contribution < 1.29 is 27.4 Å². The lowest BCUT2D eigenvalue weighted by atomic mass is 10.0. The molecule has 0 unspecified atom stereocenters. The molecule has 0 aliphatic rings. The summed E-state index contributed by atoms with van der Waals surface area (Å²) in [4.78, 5) is 11.0. The first-order valence-electron chi connectivity index (χ1n) is 4.45. The van der Waals surface area contributed by atoms with Gasteiger partial charge in [-0.15, -0.1) is 0 Å². The molecule has 0 saturated heterocycles. The summed E-state index contributed by atoms with van der Waals surface area (Å²) in [6.07, 6.45) is -4.76. The third-order valence-corrected chi connectivity index (χ3v) is 2.09. The van der Waals surface area contributed by atoms with E-state index in [1.807, 2.05) is 0 Å². The average Bonchev–Trinajstić information content (AvgIpc) is 2.25. The molecule has 0 saturated carbocycles. The lowest BCUT2D eigenvalue weighted by Gasteiger charge is -2.17. The van der Waals surface area contributed by atoms with Gasteiger partial charge in [-0.05, 0) is 12.1 Å². The van der Waals surface area contributed by atoms with Crippen LogP contribution in [0.2, 0.25) is 0 Å². The van der Waals surface area contributed by atoms with Crippen LogP contribution in [0.25, 0.3) is 0 Å². The van der Waals surface area contributed by atoms with Crippen LogP contribution in [0.3, 0.4) is 0 Å². The number of rotatable bonds is 3. The summed E-state index contributed by atoms with van der Waals surface area (Å²) in [5.74, 6) is -1.86. The van der Waals surface area contributed by atoms with E-state index in [0.717, 1.165) is 13.2 Å². The maximum absolute atomic E-state index is 12.8. The number of benzene rings is 1. The van der Waals surface area contributed by atoms with Crippen LogP contribution >= 0.6 is 0 Å². The largest absolute Gasteiger partial charge is 0.493 e. The lowest BCUT2D eigenvalue weighted by molar-refractivity contribution is -0.139. The number of methoxy groups -OCH3 is 2. The summed E-state index contributed by atoms with van der Waals surface area (Å²) < 4.78 is 47.8. The first-order valence-corrected chi connectivity index (χ1v) is 4.45. The molecule has 0 bridgehead atoms. The van der Waals surface area contributed by atoms with Crippen molar-refractivity contribution >= 4 is 5.91 Å². The van der Waals surface area contributed by atoms with Gasteiger partial charge in [-0.1, -0.05) is 0 Å². The van der Waals surface area contributed by atoms with E-state index in [-0.39, 0.29) is 5.75 Å². The van der Waals surface area contributed by atoms with E-state index < -0.39 is 29.0 Å². The fourth-order valence-electron chi connectivity index (χ4n) is 1.41. The third kappa shape index (κ3) is 2.43. The summed E-state index contributed by atoms with van der Waals surface area (Å²) in [5, 5.41) is 0. The second kappa shape index (κ2) is 4.52. The van der Waals surface area contributed by atoms with Gasteiger partial charge in [0.05, 0.1) is 19.8 Å². The van der Waals surface area contributed by atoms with Gasteiger partial charge in [0.25, 0.3) is 0 Å². The molecule has 0 atom stereocenters. The molecule has 1 aromatic rings. The molecule has 1 rings (SSSR count). The van der Waals surface area contributed by atoms with Crippen molar-refractivity contribution in [3.05, 3.63) is 23.3 Å². The number of primary amides is 1. The number of ether oxygens (including phenoxy) is 2. The van der Waals surface area contributed by atoms with E-state index in [1.54, 1.807) is 0 Å². The Balaban J connectivity index is 3.62. The van der Waals surface area contributed by atoms with Crippen LogP contribution in [0.1, 0.15) is 15.9 Å². The van der Waals surface area contributed by atoms with Gasteiger partial charge in [-0.25, -0.2) is 0 Å². The molecule has 94 valence electrons. The molecule has 1 aromatic carbocycles. The zero-order valence-corrected chi connectivity index (χ0v) is 9.09. The summed E-state index contributed by atoms with van der Waals surface area (Å²) in [5.41, 5.74) is 3.00. The minimum atomic E-state index is -4.76. The number of alkyl halides is 3. The average molecular weight is 249 g/mol. The monoisotopic (exact) mass is 249 g/mol. The van der Waals surface area contributed by atoms with E-state index in [2.05, 4.69) is 4.74 Å². The van der Waals surface area contributed by atoms with Gasteiger partial charge in [0.1, 0.15) is 5.56 Å². The predicted molar refractivity (Wildman–Crippen MR) is 53.1 cm³/mol. The quantitative estimate of drug-likeness (QED) is 0.888. The molecular formula is C10H10F3NO3. The van der Waals surface area contributed by atoms with Gasteiger partial charge < -0.3 is 15.2 Å². The van der Waals surface area contributed by atoms with Gasteiger partial charge in [-0.2, -0.15) is 13.2 Å². The van der Waals surface area contributed by atoms with Crippen LogP contribution < -0.4 is 15.2 Å². The van der Waals surface area contributed by atoms with Crippen molar-refractivity contribution in [3.63, 3.8) is 0 Å². The molecule has 17 heavy (non-hydrogen) atoms. The summed E-state index contributed by atoms with van der Waals surface area (Å²) >= 11 is 0. The normalized spacial score (nSPS) is 11.1. The fourth-order valence-corrected chi connectivity index (χ4v) is 1.41. The Morgan fingerprint density at radius 2 is 1.82 bits per heavy atom. The molecule has 0 fully saturated rings. The van der Waals surface area contributed by atoms with Crippen LogP contribution in [-0.2, 0) is 6.18 Å².